The summed E-state index contributed by atoms with van der Waals surface area (Å²) in [5.74, 6) is 0.576. The number of hydrogen-bond acceptors (Lipinski definition) is 4. The lowest BCUT2D eigenvalue weighted by atomic mass is 9.90. The van der Waals surface area contributed by atoms with Crippen molar-refractivity contribution in [3.05, 3.63) is 18.0 Å². The number of rotatable bonds is 5. The van der Waals surface area contributed by atoms with Gasteiger partial charge in [-0.05, 0) is 17.9 Å². The maximum Gasteiger partial charge on any atom is 0.223 e. The summed E-state index contributed by atoms with van der Waals surface area (Å²) in [6.45, 7) is 7.37. The van der Waals surface area contributed by atoms with E-state index in [-0.39, 0.29) is 5.41 Å². The van der Waals surface area contributed by atoms with Gasteiger partial charge in [-0.3, -0.25) is 0 Å². The standard InChI is InChI=1S/C11H18N4S/c1-4-11(2,3)7-14-10-13-6-5-8(15-10)9(12)16/h5-6H,4,7H2,1-3H3,(H2,12,16)(H,13,14,15). The lowest BCUT2D eigenvalue weighted by Gasteiger charge is -2.22. The fourth-order valence-electron chi connectivity index (χ4n) is 1.02. The van der Waals surface area contributed by atoms with Gasteiger partial charge in [0.2, 0.25) is 5.95 Å². The second-order valence-corrected chi connectivity index (χ2v) is 4.94. The van der Waals surface area contributed by atoms with Crippen molar-refractivity contribution in [2.24, 2.45) is 11.1 Å². The zero-order valence-corrected chi connectivity index (χ0v) is 10.8. The number of aromatic nitrogens is 2. The van der Waals surface area contributed by atoms with Crippen LogP contribution in [0.1, 0.15) is 32.9 Å². The van der Waals surface area contributed by atoms with Gasteiger partial charge in [0.1, 0.15) is 10.7 Å². The van der Waals surface area contributed by atoms with E-state index in [1.807, 2.05) is 0 Å². The van der Waals surface area contributed by atoms with Gasteiger partial charge in [-0.2, -0.15) is 0 Å². The molecule has 3 N–H and O–H groups in total. The molecule has 1 heterocycles. The largest absolute Gasteiger partial charge is 0.388 e. The number of nitrogens with one attached hydrogen (secondary N) is 1. The lowest BCUT2D eigenvalue weighted by molar-refractivity contribution is 0.376. The minimum absolute atomic E-state index is 0.225. The second-order valence-electron chi connectivity index (χ2n) is 4.50. The van der Waals surface area contributed by atoms with E-state index in [1.54, 1.807) is 12.3 Å². The summed E-state index contributed by atoms with van der Waals surface area (Å²) in [6, 6.07) is 1.71. The summed E-state index contributed by atoms with van der Waals surface area (Å²) in [5, 5.41) is 3.19. The molecule has 0 unspecified atom stereocenters. The molecule has 0 fully saturated rings. The molecule has 1 aromatic heterocycles. The summed E-state index contributed by atoms with van der Waals surface area (Å²) in [4.78, 5) is 8.63. The topological polar surface area (TPSA) is 63.8 Å². The second kappa shape index (κ2) is 5.21. The molecule has 0 aliphatic heterocycles. The van der Waals surface area contributed by atoms with Crippen LogP contribution < -0.4 is 11.1 Å². The quantitative estimate of drug-likeness (QED) is 0.768. The van der Waals surface area contributed by atoms with E-state index in [4.69, 9.17) is 18.0 Å². The molecule has 5 heteroatoms. The Morgan fingerprint density at radius 2 is 2.25 bits per heavy atom. The molecule has 0 bridgehead atoms. The summed E-state index contributed by atoms with van der Waals surface area (Å²) < 4.78 is 0. The van der Waals surface area contributed by atoms with Gasteiger partial charge in [0.05, 0.1) is 0 Å². The maximum absolute atomic E-state index is 5.50. The Bertz CT molecular complexity index is 376. The molecule has 88 valence electrons. The Kier molecular flexibility index (Phi) is 4.18. The number of anilines is 1. The van der Waals surface area contributed by atoms with Crippen molar-refractivity contribution >= 4 is 23.2 Å². The van der Waals surface area contributed by atoms with Gasteiger partial charge in [-0.15, -0.1) is 0 Å². The van der Waals surface area contributed by atoms with Gasteiger partial charge in [0, 0.05) is 12.7 Å². The van der Waals surface area contributed by atoms with Crippen LogP contribution in [-0.4, -0.2) is 21.5 Å². The molecule has 0 atom stereocenters. The first-order chi connectivity index (χ1) is 7.44. The Balaban J connectivity index is 2.68. The number of nitrogens with zero attached hydrogens (tertiary/aromatic N) is 2. The highest BCUT2D eigenvalue weighted by atomic mass is 32.1. The highest BCUT2D eigenvalue weighted by Gasteiger charge is 2.15. The highest BCUT2D eigenvalue weighted by Crippen LogP contribution is 2.19. The molecule has 0 saturated carbocycles. The SMILES string of the molecule is CCC(C)(C)CNc1nccc(C(N)=S)n1. The highest BCUT2D eigenvalue weighted by molar-refractivity contribution is 7.80. The van der Waals surface area contributed by atoms with Crippen LogP contribution in [0.25, 0.3) is 0 Å². The van der Waals surface area contributed by atoms with Crippen LogP contribution in [0.5, 0.6) is 0 Å². The first-order valence-electron chi connectivity index (χ1n) is 5.31. The van der Waals surface area contributed by atoms with Crippen molar-refractivity contribution in [3.8, 4) is 0 Å². The maximum atomic E-state index is 5.50. The number of thiocarbonyl (C=S) groups is 1. The van der Waals surface area contributed by atoms with Gasteiger partial charge >= 0.3 is 0 Å². The predicted molar refractivity (Wildman–Crippen MR) is 70.5 cm³/mol. The summed E-state index contributed by atoms with van der Waals surface area (Å²) in [6.07, 6.45) is 2.75. The normalized spacial score (nSPS) is 11.2. The molecule has 0 radical (unpaired) electrons. The molecular formula is C11H18N4S. The molecule has 0 amide bonds. The molecule has 0 aromatic carbocycles. The van der Waals surface area contributed by atoms with Crippen molar-refractivity contribution < 1.29 is 0 Å². The van der Waals surface area contributed by atoms with Crippen LogP contribution >= 0.6 is 12.2 Å². The molecule has 0 saturated heterocycles. The van der Waals surface area contributed by atoms with Crippen molar-refractivity contribution in [1.82, 2.24) is 9.97 Å². The molecule has 1 rings (SSSR count). The number of hydrogen-bond donors (Lipinski definition) is 2. The minimum Gasteiger partial charge on any atom is -0.388 e. The van der Waals surface area contributed by atoms with Crippen LogP contribution in [0, 0.1) is 5.41 Å². The van der Waals surface area contributed by atoms with E-state index in [1.165, 1.54) is 0 Å². The van der Waals surface area contributed by atoms with Gasteiger partial charge in [0.25, 0.3) is 0 Å². The minimum atomic E-state index is 0.225. The van der Waals surface area contributed by atoms with Gasteiger partial charge < -0.3 is 11.1 Å². The van der Waals surface area contributed by atoms with Gasteiger partial charge in [-0.25, -0.2) is 9.97 Å². The van der Waals surface area contributed by atoms with Crippen molar-refractivity contribution in [2.45, 2.75) is 27.2 Å². The summed E-state index contributed by atoms with van der Waals surface area (Å²) in [7, 11) is 0. The van der Waals surface area contributed by atoms with Crippen LogP contribution in [0.3, 0.4) is 0 Å². The zero-order valence-electron chi connectivity index (χ0n) is 9.95. The zero-order chi connectivity index (χ0) is 12.2. The van der Waals surface area contributed by atoms with Crippen LogP contribution in [0.4, 0.5) is 5.95 Å². The van der Waals surface area contributed by atoms with E-state index < -0.39 is 0 Å². The van der Waals surface area contributed by atoms with E-state index in [9.17, 15) is 0 Å². The van der Waals surface area contributed by atoms with Crippen LogP contribution in [-0.2, 0) is 0 Å². The monoisotopic (exact) mass is 238 g/mol. The van der Waals surface area contributed by atoms with E-state index in [0.717, 1.165) is 13.0 Å². The molecule has 0 aliphatic rings. The van der Waals surface area contributed by atoms with Crippen molar-refractivity contribution in [3.63, 3.8) is 0 Å². The lowest BCUT2D eigenvalue weighted by Crippen LogP contribution is -2.23. The fraction of sp³-hybridized carbons (Fsp3) is 0.545. The average molecular weight is 238 g/mol. The predicted octanol–water partition coefficient (Wildman–Crippen LogP) is 1.96. The average Bonchev–Trinajstić information content (AvgIpc) is 2.27. The Morgan fingerprint density at radius 3 is 2.81 bits per heavy atom. The first kappa shape index (κ1) is 12.8. The summed E-state index contributed by atoms with van der Waals surface area (Å²) >= 11 is 4.86. The Morgan fingerprint density at radius 1 is 1.56 bits per heavy atom. The Labute approximate surface area is 102 Å². The van der Waals surface area contributed by atoms with Crippen LogP contribution in [0.15, 0.2) is 12.3 Å². The van der Waals surface area contributed by atoms with Crippen LogP contribution in [0.2, 0.25) is 0 Å². The smallest absolute Gasteiger partial charge is 0.223 e. The first-order valence-corrected chi connectivity index (χ1v) is 5.72. The van der Waals surface area contributed by atoms with Crippen molar-refractivity contribution in [1.29, 1.82) is 0 Å². The van der Waals surface area contributed by atoms with E-state index >= 15 is 0 Å². The van der Waals surface area contributed by atoms with Crippen molar-refractivity contribution in [2.75, 3.05) is 11.9 Å². The number of nitrogens with two attached hydrogens (primary N) is 1. The molecule has 1 aromatic rings. The van der Waals surface area contributed by atoms with Gasteiger partial charge in [-0.1, -0.05) is 33.0 Å². The third-order valence-corrected chi connectivity index (χ3v) is 2.80. The summed E-state index contributed by atoms with van der Waals surface area (Å²) in [5.41, 5.74) is 6.33. The van der Waals surface area contributed by atoms with E-state index in [2.05, 4.69) is 36.1 Å². The fourth-order valence-corrected chi connectivity index (χ4v) is 1.14. The molecule has 0 aliphatic carbocycles. The Hall–Kier alpha value is -1.23. The third-order valence-electron chi connectivity index (χ3n) is 2.59. The van der Waals surface area contributed by atoms with Gasteiger partial charge in [0.15, 0.2) is 0 Å². The molecule has 0 spiro atoms. The molecule has 16 heavy (non-hydrogen) atoms. The molecule has 4 nitrogen and oxygen atoms in total. The molecular weight excluding hydrogens is 220 g/mol. The third kappa shape index (κ3) is 3.73. The van der Waals surface area contributed by atoms with E-state index in [0.29, 0.717) is 16.6 Å².